The lowest BCUT2D eigenvalue weighted by atomic mass is 9.97. The summed E-state index contributed by atoms with van der Waals surface area (Å²) in [5, 5.41) is 18.9. The van der Waals surface area contributed by atoms with E-state index in [9.17, 15) is 15.2 Å². The fourth-order valence-corrected chi connectivity index (χ4v) is 3.14. The van der Waals surface area contributed by atoms with E-state index in [1.165, 1.54) is 11.6 Å². The van der Waals surface area contributed by atoms with Gasteiger partial charge in [0.05, 0.1) is 18.2 Å². The van der Waals surface area contributed by atoms with Crippen molar-refractivity contribution in [3.05, 3.63) is 76.4 Å². The maximum absolute atomic E-state index is 11.7. The van der Waals surface area contributed by atoms with Gasteiger partial charge in [0.15, 0.2) is 0 Å². The monoisotopic (exact) mass is 361 g/mol. The molecule has 0 saturated heterocycles. The highest BCUT2D eigenvalue weighted by molar-refractivity contribution is 6.34. The number of nitriles is 1. The highest BCUT2D eigenvalue weighted by Gasteiger charge is 2.25. The van der Waals surface area contributed by atoms with Crippen molar-refractivity contribution in [2.75, 3.05) is 0 Å². The molecule has 0 spiro atoms. The second-order valence-electron chi connectivity index (χ2n) is 5.57. The lowest BCUT2D eigenvalue weighted by Gasteiger charge is -2.07. The summed E-state index contributed by atoms with van der Waals surface area (Å²) in [6, 6.07) is 16.4. The number of rotatable bonds is 3. The Labute approximate surface area is 155 Å². The van der Waals surface area contributed by atoms with E-state index in [4.69, 9.17) is 18.2 Å². The van der Waals surface area contributed by atoms with Crippen molar-refractivity contribution >= 4 is 23.3 Å². The first-order valence-electron chi connectivity index (χ1n) is 7.58. The largest absolute Gasteiger partial charge is 0.477 e. The fraction of sp³-hybridized carbons (Fsp3) is 0.0500. The summed E-state index contributed by atoms with van der Waals surface area (Å²) >= 11 is 6.13. The second kappa shape index (κ2) is 6.76. The predicted molar refractivity (Wildman–Crippen MR) is 99.2 cm³/mol. The van der Waals surface area contributed by atoms with E-state index in [0.717, 1.165) is 11.1 Å². The van der Waals surface area contributed by atoms with Crippen molar-refractivity contribution in [3.8, 4) is 28.3 Å². The van der Waals surface area contributed by atoms with Gasteiger partial charge in [-0.1, -0.05) is 54.1 Å². The molecule has 6 heteroatoms. The van der Waals surface area contributed by atoms with Gasteiger partial charge in [-0.15, -0.1) is 0 Å². The number of aromatic carboxylic acids is 1. The average Bonchev–Trinajstić information content (AvgIpc) is 2.92. The van der Waals surface area contributed by atoms with Crippen LogP contribution in [0.5, 0.6) is 0 Å². The van der Waals surface area contributed by atoms with Gasteiger partial charge in [-0.2, -0.15) is 5.26 Å². The van der Waals surface area contributed by atoms with Gasteiger partial charge in [0.25, 0.3) is 0 Å². The molecule has 0 amide bonds. The number of nitrogens with zero attached hydrogens (tertiary/aromatic N) is 3. The molecule has 1 aromatic heterocycles. The van der Waals surface area contributed by atoms with Crippen molar-refractivity contribution in [3.63, 3.8) is 0 Å². The molecule has 0 unspecified atom stereocenters. The first kappa shape index (κ1) is 17.3. The number of benzene rings is 2. The fourth-order valence-electron chi connectivity index (χ4n) is 2.91. The average molecular weight is 362 g/mol. The van der Waals surface area contributed by atoms with Crippen LogP contribution in [0.3, 0.4) is 0 Å². The summed E-state index contributed by atoms with van der Waals surface area (Å²) in [4.78, 5) is 15.1. The van der Waals surface area contributed by atoms with Crippen molar-refractivity contribution in [1.29, 1.82) is 5.26 Å². The Kier molecular flexibility index (Phi) is 4.49. The van der Waals surface area contributed by atoms with Crippen molar-refractivity contribution < 1.29 is 9.90 Å². The third-order valence-electron chi connectivity index (χ3n) is 4.15. The van der Waals surface area contributed by atoms with Crippen LogP contribution in [0.2, 0.25) is 5.15 Å². The van der Waals surface area contributed by atoms with Gasteiger partial charge >= 0.3 is 5.97 Å². The summed E-state index contributed by atoms with van der Waals surface area (Å²) in [7, 11) is 1.52. The van der Waals surface area contributed by atoms with E-state index in [0.29, 0.717) is 16.7 Å². The Morgan fingerprint density at radius 2 is 1.81 bits per heavy atom. The lowest BCUT2D eigenvalue weighted by molar-refractivity contribution is 0.0687. The highest BCUT2D eigenvalue weighted by Crippen LogP contribution is 2.42. The van der Waals surface area contributed by atoms with E-state index in [1.807, 2.05) is 12.1 Å². The first-order valence-corrected chi connectivity index (χ1v) is 7.96. The van der Waals surface area contributed by atoms with Crippen molar-refractivity contribution in [2.45, 2.75) is 0 Å². The number of aromatic nitrogens is 1. The van der Waals surface area contributed by atoms with Crippen LogP contribution in [0.4, 0.5) is 5.69 Å². The van der Waals surface area contributed by atoms with Crippen LogP contribution in [-0.2, 0) is 7.05 Å². The van der Waals surface area contributed by atoms with Gasteiger partial charge < -0.3 is 9.67 Å². The normalized spacial score (nSPS) is 10.2. The highest BCUT2D eigenvalue weighted by atomic mass is 35.5. The minimum Gasteiger partial charge on any atom is -0.477 e. The zero-order chi connectivity index (χ0) is 18.8. The number of hydrogen-bond acceptors (Lipinski definition) is 2. The van der Waals surface area contributed by atoms with Gasteiger partial charge in [0.2, 0.25) is 5.69 Å². The number of carboxylic acid groups (broad SMARTS) is 1. The maximum Gasteiger partial charge on any atom is 0.351 e. The number of carbonyl (C=O) groups is 1. The molecule has 3 rings (SSSR count). The van der Waals surface area contributed by atoms with Crippen LogP contribution in [-0.4, -0.2) is 15.6 Å². The van der Waals surface area contributed by atoms with Gasteiger partial charge in [-0.05, 0) is 22.8 Å². The molecule has 3 aromatic rings. The molecule has 0 fully saturated rings. The van der Waals surface area contributed by atoms with E-state index in [-0.39, 0.29) is 16.5 Å². The predicted octanol–water partition coefficient (Wildman–Crippen LogP) is 5.13. The molecule has 1 heterocycles. The smallest absolute Gasteiger partial charge is 0.351 e. The summed E-state index contributed by atoms with van der Waals surface area (Å²) in [5.41, 5.74) is 3.11. The lowest BCUT2D eigenvalue weighted by Crippen LogP contribution is -2.05. The Hall–Kier alpha value is -3.54. The van der Waals surface area contributed by atoms with E-state index < -0.39 is 5.97 Å². The first-order chi connectivity index (χ1) is 12.5. The second-order valence-corrected chi connectivity index (χ2v) is 5.93. The zero-order valence-corrected chi connectivity index (χ0v) is 14.4. The number of hydrogen-bond donors (Lipinski definition) is 1. The van der Waals surface area contributed by atoms with Crippen LogP contribution in [0, 0.1) is 17.9 Å². The molecule has 1 N–H and O–H groups in total. The molecule has 0 saturated carbocycles. The zero-order valence-electron chi connectivity index (χ0n) is 13.7. The molecule has 0 aliphatic heterocycles. The van der Waals surface area contributed by atoms with Crippen LogP contribution >= 0.6 is 11.6 Å². The molecular weight excluding hydrogens is 350 g/mol. The minimum absolute atomic E-state index is 0.0359. The van der Waals surface area contributed by atoms with Gasteiger partial charge in [0, 0.05) is 12.6 Å². The Balaban J connectivity index is 2.17. The summed E-state index contributed by atoms with van der Waals surface area (Å²) in [5.74, 6) is -1.15. The third-order valence-corrected chi connectivity index (χ3v) is 4.58. The number of halogens is 1. The van der Waals surface area contributed by atoms with E-state index >= 15 is 0 Å². The molecule has 0 aliphatic rings. The van der Waals surface area contributed by atoms with Crippen LogP contribution < -0.4 is 0 Å². The van der Waals surface area contributed by atoms with Crippen molar-refractivity contribution in [2.24, 2.45) is 7.05 Å². The Morgan fingerprint density at radius 3 is 2.38 bits per heavy atom. The van der Waals surface area contributed by atoms with Gasteiger partial charge in [-0.3, -0.25) is 0 Å². The molecule has 126 valence electrons. The summed E-state index contributed by atoms with van der Waals surface area (Å²) < 4.78 is 1.30. The summed E-state index contributed by atoms with van der Waals surface area (Å²) in [6.07, 6.45) is 0. The molecule has 26 heavy (non-hydrogen) atoms. The van der Waals surface area contributed by atoms with Crippen LogP contribution in [0.25, 0.3) is 27.1 Å². The molecule has 0 atom stereocenters. The SMILES string of the molecule is [C-]#[N+]c1c(-c2ccc(-c3ccccc3C#N)cc2)c(C(=O)O)n(C)c1Cl. The van der Waals surface area contributed by atoms with E-state index in [1.54, 1.807) is 36.4 Å². The molecule has 0 radical (unpaired) electrons. The maximum atomic E-state index is 11.7. The van der Waals surface area contributed by atoms with Crippen LogP contribution in [0.1, 0.15) is 16.1 Å². The van der Waals surface area contributed by atoms with Gasteiger partial charge in [-0.25, -0.2) is 9.64 Å². The molecular formula is C20H12ClN3O2. The number of carboxylic acids is 1. The molecule has 2 aromatic carbocycles. The van der Waals surface area contributed by atoms with Crippen molar-refractivity contribution in [1.82, 2.24) is 4.57 Å². The van der Waals surface area contributed by atoms with Gasteiger partial charge in [0.1, 0.15) is 10.8 Å². The Morgan fingerprint density at radius 1 is 1.19 bits per heavy atom. The topological polar surface area (TPSA) is 70.4 Å². The summed E-state index contributed by atoms with van der Waals surface area (Å²) in [6.45, 7) is 7.35. The molecule has 0 aliphatic carbocycles. The Bertz CT molecular complexity index is 1100. The molecule has 5 nitrogen and oxygen atoms in total. The molecule has 0 bridgehead atoms. The van der Waals surface area contributed by atoms with E-state index in [2.05, 4.69) is 10.9 Å². The quantitative estimate of drug-likeness (QED) is 0.657. The third kappa shape index (κ3) is 2.71. The standard InChI is InChI=1S/C20H12ClN3O2/c1-23-17-16(18(20(25)26)24(2)19(17)21)13-9-7-12(8-10-13)15-6-4-3-5-14(15)11-22/h3-10H,2H3,(H,25,26). The minimum atomic E-state index is -1.15. The van der Waals surface area contributed by atoms with Crippen LogP contribution in [0.15, 0.2) is 48.5 Å².